The Morgan fingerprint density at radius 2 is 1.98 bits per heavy atom. The first-order chi connectivity index (χ1) is 19.0. The molecule has 1 atom stereocenters. The molecule has 212 valence electrons. The van der Waals surface area contributed by atoms with Crippen molar-refractivity contribution in [3.63, 3.8) is 0 Å². The molecule has 2 heterocycles. The highest BCUT2D eigenvalue weighted by atomic mass is 35.5. The van der Waals surface area contributed by atoms with Crippen molar-refractivity contribution in [3.8, 4) is 11.3 Å². The highest BCUT2D eigenvalue weighted by molar-refractivity contribution is 6.31. The molecule has 0 spiro atoms. The molecular weight excluding hydrogens is 535 g/mol. The van der Waals surface area contributed by atoms with E-state index in [1.54, 1.807) is 28.9 Å². The number of ether oxygens (including phenoxy) is 1. The van der Waals surface area contributed by atoms with Crippen LogP contribution in [0.4, 0.5) is 10.1 Å². The van der Waals surface area contributed by atoms with Gasteiger partial charge in [-0.05, 0) is 62.4 Å². The summed E-state index contributed by atoms with van der Waals surface area (Å²) in [5.74, 6) is -1.79. The third-order valence-electron chi connectivity index (χ3n) is 7.36. The number of cyclic esters (lactones) is 1. The summed E-state index contributed by atoms with van der Waals surface area (Å²) in [5.41, 5.74) is 3.47. The number of halogens is 2. The number of benzene rings is 2. The molecule has 1 unspecified atom stereocenters. The van der Waals surface area contributed by atoms with Gasteiger partial charge in [-0.15, -0.1) is 0 Å². The lowest BCUT2D eigenvalue weighted by Gasteiger charge is -2.43. The number of carbonyl (C=O) groups is 2. The van der Waals surface area contributed by atoms with Crippen LogP contribution in [0, 0.1) is 5.82 Å². The lowest BCUT2D eigenvalue weighted by Crippen LogP contribution is -2.55. The number of morpholine rings is 1. The number of esters is 1. The van der Waals surface area contributed by atoms with Crippen molar-refractivity contribution in [1.29, 1.82) is 0 Å². The van der Waals surface area contributed by atoms with Crippen molar-refractivity contribution in [2.45, 2.75) is 45.3 Å². The van der Waals surface area contributed by atoms with Crippen LogP contribution in [-0.4, -0.2) is 64.0 Å². The zero-order chi connectivity index (χ0) is 29.0. The van der Waals surface area contributed by atoms with Crippen molar-refractivity contribution in [2.24, 2.45) is 0 Å². The third-order valence-corrected chi connectivity index (χ3v) is 7.65. The van der Waals surface area contributed by atoms with Crippen LogP contribution in [0.25, 0.3) is 17.0 Å². The molecule has 0 aliphatic carbocycles. The number of allylic oxidation sites excluding steroid dienone is 1. The number of carboxylic acid groups (broad SMARTS) is 1. The quantitative estimate of drug-likeness (QED) is 0.286. The maximum Gasteiger partial charge on any atom is 0.335 e. The van der Waals surface area contributed by atoms with E-state index in [4.69, 9.17) is 21.4 Å². The average molecular weight is 569 g/mol. The molecule has 8 nitrogen and oxygen atoms in total. The van der Waals surface area contributed by atoms with E-state index in [1.165, 1.54) is 18.2 Å². The van der Waals surface area contributed by atoms with Gasteiger partial charge in [0.1, 0.15) is 18.0 Å². The maximum absolute atomic E-state index is 13.8. The molecule has 0 amide bonds. The number of anilines is 1. The van der Waals surface area contributed by atoms with Gasteiger partial charge >= 0.3 is 11.9 Å². The molecule has 10 heteroatoms. The third kappa shape index (κ3) is 6.54. The summed E-state index contributed by atoms with van der Waals surface area (Å²) in [7, 11) is 1.99. The molecular formula is C30H34ClFN4O4. The summed E-state index contributed by atoms with van der Waals surface area (Å²) in [4.78, 5) is 28.0. The Balaban J connectivity index is 1.50. The number of carboxylic acids is 1. The van der Waals surface area contributed by atoms with Crippen LogP contribution in [-0.2, 0) is 16.1 Å². The lowest BCUT2D eigenvalue weighted by molar-refractivity contribution is -0.163. The molecule has 40 heavy (non-hydrogen) atoms. The fourth-order valence-electron chi connectivity index (χ4n) is 4.85. The zero-order valence-electron chi connectivity index (χ0n) is 23.0. The van der Waals surface area contributed by atoms with Gasteiger partial charge in [0.15, 0.2) is 0 Å². The van der Waals surface area contributed by atoms with E-state index in [2.05, 4.69) is 11.5 Å². The first kappa shape index (κ1) is 29.3. The summed E-state index contributed by atoms with van der Waals surface area (Å²) >= 11 is 6.07. The number of hydrogen-bond acceptors (Lipinski definition) is 6. The molecule has 1 aliphatic rings. The molecule has 2 aromatic carbocycles. The number of aromatic carboxylic acids is 1. The number of nitrogens with zero attached hydrogens (tertiary/aromatic N) is 4. The topological polar surface area (TPSA) is 87.9 Å². The molecule has 0 radical (unpaired) electrons. The van der Waals surface area contributed by atoms with E-state index in [-0.39, 0.29) is 23.1 Å². The molecule has 0 saturated carbocycles. The van der Waals surface area contributed by atoms with Gasteiger partial charge < -0.3 is 19.6 Å². The van der Waals surface area contributed by atoms with Crippen LogP contribution < -0.4 is 4.90 Å². The molecule has 1 fully saturated rings. The number of rotatable bonds is 11. The van der Waals surface area contributed by atoms with Crippen LogP contribution >= 0.6 is 11.6 Å². The van der Waals surface area contributed by atoms with Gasteiger partial charge in [0, 0.05) is 48.2 Å². The molecule has 3 aromatic rings. The minimum atomic E-state index is -0.995. The fraction of sp³-hybridized carbons (Fsp3) is 0.367. The predicted molar refractivity (Wildman–Crippen MR) is 154 cm³/mol. The maximum atomic E-state index is 13.8. The summed E-state index contributed by atoms with van der Waals surface area (Å²) in [6, 6.07) is 11.1. The first-order valence-corrected chi connectivity index (χ1v) is 13.6. The largest absolute Gasteiger partial charge is 0.478 e. The summed E-state index contributed by atoms with van der Waals surface area (Å²) in [6.07, 6.45) is 3.89. The van der Waals surface area contributed by atoms with E-state index >= 15 is 0 Å². The summed E-state index contributed by atoms with van der Waals surface area (Å²) in [6.45, 7) is 9.89. The van der Waals surface area contributed by atoms with Crippen molar-refractivity contribution in [3.05, 3.63) is 77.2 Å². The van der Waals surface area contributed by atoms with E-state index < -0.39 is 17.4 Å². The Morgan fingerprint density at radius 3 is 2.60 bits per heavy atom. The molecule has 0 bridgehead atoms. The van der Waals surface area contributed by atoms with E-state index in [0.717, 1.165) is 23.4 Å². The Morgan fingerprint density at radius 1 is 1.25 bits per heavy atom. The normalized spacial score (nSPS) is 17.2. The van der Waals surface area contributed by atoms with Gasteiger partial charge in [-0.2, -0.15) is 5.10 Å². The van der Waals surface area contributed by atoms with E-state index in [1.807, 2.05) is 32.0 Å². The second-order valence-corrected chi connectivity index (χ2v) is 10.6. The second-order valence-electron chi connectivity index (χ2n) is 10.2. The van der Waals surface area contributed by atoms with Crippen LogP contribution in [0.2, 0.25) is 5.02 Å². The minimum absolute atomic E-state index is 0.0341. The highest BCUT2D eigenvalue weighted by Crippen LogP contribution is 2.32. The van der Waals surface area contributed by atoms with Gasteiger partial charge in [-0.3, -0.25) is 4.79 Å². The molecule has 4 rings (SSSR count). The average Bonchev–Trinajstić information content (AvgIpc) is 3.36. The zero-order valence-corrected chi connectivity index (χ0v) is 23.7. The predicted octanol–water partition coefficient (Wildman–Crippen LogP) is 5.96. The van der Waals surface area contributed by atoms with Crippen molar-refractivity contribution >= 4 is 34.9 Å². The number of hydrogen-bond donors (Lipinski definition) is 1. The van der Waals surface area contributed by atoms with Crippen LogP contribution in [0.15, 0.2) is 55.2 Å². The smallest absolute Gasteiger partial charge is 0.335 e. The second kappa shape index (κ2) is 12.2. The van der Waals surface area contributed by atoms with Gasteiger partial charge in [-0.1, -0.05) is 32.0 Å². The SMILES string of the molecule is C=C(CC)n1cc(CN(C)CCC2(CC)CN(c3ccc(C(=O)O)cc3)CC(=O)O2)c(-c2ccc(F)c(Cl)c2)n1. The highest BCUT2D eigenvalue weighted by Gasteiger charge is 2.39. The van der Waals surface area contributed by atoms with Gasteiger partial charge in [0.2, 0.25) is 0 Å². The van der Waals surface area contributed by atoms with E-state index in [9.17, 15) is 19.1 Å². The van der Waals surface area contributed by atoms with Gasteiger partial charge in [-0.25, -0.2) is 13.9 Å². The number of carbonyl (C=O) groups excluding carboxylic acids is 1. The Bertz CT molecular complexity index is 1410. The monoisotopic (exact) mass is 568 g/mol. The van der Waals surface area contributed by atoms with Gasteiger partial charge in [0.25, 0.3) is 0 Å². The Kier molecular flexibility index (Phi) is 8.95. The fourth-order valence-corrected chi connectivity index (χ4v) is 5.03. The van der Waals surface area contributed by atoms with Crippen LogP contribution in [0.5, 0.6) is 0 Å². The molecule has 1 N–H and O–H groups in total. The standard InChI is InChI=1S/C30H34ClFN4O4/c1-5-20(3)36-17-23(28(33-36)22-9-12-26(32)25(31)15-22)16-34(4)14-13-30(6-2)19-35(18-27(37)40-30)24-10-7-21(8-11-24)29(38)39/h7-12,15,17H,3,5-6,13-14,16,18-19H2,1-2,4H3,(H,38,39). The van der Waals surface area contributed by atoms with Crippen molar-refractivity contribution in [1.82, 2.24) is 14.7 Å². The van der Waals surface area contributed by atoms with Gasteiger partial charge in [0.05, 0.1) is 22.8 Å². The molecule has 1 saturated heterocycles. The Hall–Kier alpha value is -3.69. The van der Waals surface area contributed by atoms with Crippen molar-refractivity contribution in [2.75, 3.05) is 31.6 Å². The van der Waals surface area contributed by atoms with Crippen molar-refractivity contribution < 1.29 is 23.8 Å². The number of aromatic nitrogens is 2. The molecule has 1 aromatic heterocycles. The summed E-state index contributed by atoms with van der Waals surface area (Å²) < 4.78 is 21.5. The van der Waals surface area contributed by atoms with Crippen LogP contribution in [0.3, 0.4) is 0 Å². The first-order valence-electron chi connectivity index (χ1n) is 13.2. The van der Waals surface area contributed by atoms with Crippen LogP contribution in [0.1, 0.15) is 49.0 Å². The Labute approximate surface area is 238 Å². The summed E-state index contributed by atoms with van der Waals surface area (Å²) in [5, 5.41) is 14.0. The minimum Gasteiger partial charge on any atom is -0.478 e. The lowest BCUT2D eigenvalue weighted by atomic mass is 9.93. The van der Waals surface area contributed by atoms with E-state index in [0.29, 0.717) is 43.7 Å². The molecule has 1 aliphatic heterocycles.